The van der Waals surface area contributed by atoms with E-state index in [1.165, 1.54) is 0 Å². The lowest BCUT2D eigenvalue weighted by Gasteiger charge is -2.22. The second-order valence-corrected chi connectivity index (χ2v) is 6.58. The van der Waals surface area contributed by atoms with Gasteiger partial charge in [-0.05, 0) is 13.3 Å². The molecule has 0 radical (unpaired) electrons. The average molecular weight is 218 g/mol. The first-order valence-corrected chi connectivity index (χ1v) is 6.05. The Balaban J connectivity index is 4.79. The molecule has 0 fully saturated rings. The summed E-state index contributed by atoms with van der Waals surface area (Å²) in [7, 11) is -3.46. The van der Waals surface area contributed by atoms with Gasteiger partial charge in [0.15, 0.2) is 0 Å². The molecule has 1 unspecified atom stereocenters. The number of halogens is 3. The van der Waals surface area contributed by atoms with Crippen molar-refractivity contribution in [1.29, 1.82) is 0 Å². The second kappa shape index (κ2) is 3.70. The van der Waals surface area contributed by atoms with E-state index in [1.807, 2.05) is 0 Å². The maximum atomic E-state index is 12.1. The Hall–Kier alpha value is -0.510. The van der Waals surface area contributed by atoms with E-state index in [2.05, 4.69) is 0 Å². The van der Waals surface area contributed by atoms with Crippen molar-refractivity contribution in [2.75, 3.05) is 13.3 Å². The summed E-state index contributed by atoms with van der Waals surface area (Å²) >= 11 is 0. The Morgan fingerprint density at radius 1 is 1.46 bits per heavy atom. The minimum atomic E-state index is -4.71. The highest BCUT2D eigenvalue weighted by atomic mass is 31.2. The van der Waals surface area contributed by atoms with Crippen LogP contribution in [0.2, 0.25) is 0 Å². The summed E-state index contributed by atoms with van der Waals surface area (Å²) in [5.41, 5.74) is -2.24. The lowest BCUT2D eigenvalue weighted by atomic mass is 10.3. The predicted molar refractivity (Wildman–Crippen MR) is 41.6 cm³/mol. The molecule has 0 saturated carbocycles. The van der Waals surface area contributed by atoms with Crippen LogP contribution in [0.4, 0.5) is 13.2 Å². The van der Waals surface area contributed by atoms with E-state index < -0.39 is 31.4 Å². The molecule has 0 aromatic rings. The van der Waals surface area contributed by atoms with Crippen LogP contribution in [0.3, 0.4) is 0 Å². The van der Waals surface area contributed by atoms with Crippen molar-refractivity contribution in [3.63, 3.8) is 0 Å². The molecule has 13 heavy (non-hydrogen) atoms. The highest BCUT2D eigenvalue weighted by molar-refractivity contribution is 7.63. The topological polar surface area (TPSA) is 54.4 Å². The van der Waals surface area contributed by atoms with E-state index in [4.69, 9.17) is 5.11 Å². The molecule has 3 nitrogen and oxygen atoms in total. The fourth-order valence-electron chi connectivity index (χ4n) is 0.854. The van der Waals surface area contributed by atoms with Crippen molar-refractivity contribution in [1.82, 2.24) is 0 Å². The van der Waals surface area contributed by atoms with Gasteiger partial charge in [-0.1, -0.05) is 0 Å². The molecule has 0 aliphatic rings. The average Bonchev–Trinajstić information content (AvgIpc) is 1.77. The Labute approximate surface area is 73.3 Å². The number of alkyl halides is 3. The van der Waals surface area contributed by atoms with E-state index in [0.717, 1.165) is 13.3 Å². The number of rotatable bonds is 3. The fourth-order valence-corrected chi connectivity index (χ4v) is 2.15. The zero-order chi connectivity index (χ0) is 10.9. The maximum absolute atomic E-state index is 12.1. The van der Waals surface area contributed by atoms with Gasteiger partial charge >= 0.3 is 12.1 Å². The smallest absolute Gasteiger partial charge is 0.399 e. The molecule has 1 atom stereocenters. The van der Waals surface area contributed by atoms with Crippen LogP contribution in [0.15, 0.2) is 0 Å². The van der Waals surface area contributed by atoms with Gasteiger partial charge in [-0.2, -0.15) is 13.2 Å². The van der Waals surface area contributed by atoms with E-state index in [-0.39, 0.29) is 0 Å². The lowest BCUT2D eigenvalue weighted by molar-refractivity contribution is -0.151. The SMILES string of the molecule is CP(C)(=O)C(CC(=O)O)C(F)(F)F. The molecule has 0 aromatic carbocycles. The molecule has 0 heterocycles. The molecule has 1 N–H and O–H groups in total. The first-order chi connectivity index (χ1) is 5.55. The number of aliphatic carboxylic acids is 1. The van der Waals surface area contributed by atoms with Crippen LogP contribution < -0.4 is 0 Å². The third-order valence-electron chi connectivity index (χ3n) is 1.50. The van der Waals surface area contributed by atoms with Gasteiger partial charge in [-0.25, -0.2) is 0 Å². The standard InChI is InChI=1S/C6H10F3O3P/c1-13(2,12)4(3-5(10)11)6(7,8)9/h4H,3H2,1-2H3,(H,10,11). The summed E-state index contributed by atoms with van der Waals surface area (Å²) in [6.45, 7) is 1.88. The Bertz CT molecular complexity index is 242. The monoisotopic (exact) mass is 218 g/mol. The molecule has 0 aromatic heterocycles. The Kier molecular flexibility index (Phi) is 3.55. The highest BCUT2D eigenvalue weighted by Gasteiger charge is 2.47. The summed E-state index contributed by atoms with van der Waals surface area (Å²) in [6.07, 6.45) is -5.84. The van der Waals surface area contributed by atoms with E-state index in [9.17, 15) is 22.5 Å². The van der Waals surface area contributed by atoms with Gasteiger partial charge in [0.1, 0.15) is 5.66 Å². The van der Waals surface area contributed by atoms with Crippen molar-refractivity contribution < 1.29 is 27.6 Å². The number of carboxylic acid groups (broad SMARTS) is 1. The molecular weight excluding hydrogens is 208 g/mol. The van der Waals surface area contributed by atoms with Crippen molar-refractivity contribution in [3.8, 4) is 0 Å². The Morgan fingerprint density at radius 3 is 1.92 bits per heavy atom. The number of hydrogen-bond donors (Lipinski definition) is 1. The molecule has 0 saturated heterocycles. The summed E-state index contributed by atoms with van der Waals surface area (Å²) in [5, 5.41) is 8.19. The zero-order valence-electron chi connectivity index (χ0n) is 7.13. The number of carbonyl (C=O) groups is 1. The molecular formula is C6H10F3O3P. The molecule has 0 rings (SSSR count). The predicted octanol–water partition coefficient (Wildman–Crippen LogP) is 2.01. The molecule has 0 aliphatic carbocycles. The summed E-state index contributed by atoms with van der Waals surface area (Å²) in [4.78, 5) is 10.1. The quantitative estimate of drug-likeness (QED) is 0.737. The summed E-state index contributed by atoms with van der Waals surface area (Å²) in [6, 6.07) is 0. The van der Waals surface area contributed by atoms with E-state index >= 15 is 0 Å². The van der Waals surface area contributed by atoms with Crippen molar-refractivity contribution in [2.24, 2.45) is 0 Å². The molecule has 7 heteroatoms. The first kappa shape index (κ1) is 12.5. The zero-order valence-corrected chi connectivity index (χ0v) is 8.02. The number of carboxylic acids is 1. The third-order valence-corrected chi connectivity index (χ3v) is 3.47. The van der Waals surface area contributed by atoms with Crippen LogP contribution >= 0.6 is 7.14 Å². The lowest BCUT2D eigenvalue weighted by Crippen LogP contribution is -2.30. The highest BCUT2D eigenvalue weighted by Crippen LogP contribution is 2.51. The second-order valence-electron chi connectivity index (χ2n) is 3.09. The van der Waals surface area contributed by atoms with Gasteiger partial charge < -0.3 is 9.67 Å². The van der Waals surface area contributed by atoms with Gasteiger partial charge in [0, 0.05) is 0 Å². The molecule has 78 valence electrons. The van der Waals surface area contributed by atoms with Crippen LogP contribution in [0.25, 0.3) is 0 Å². The first-order valence-electron chi connectivity index (χ1n) is 3.38. The molecule has 0 aliphatic heterocycles. The minimum absolute atomic E-state index is 0.939. The largest absolute Gasteiger partial charge is 0.481 e. The van der Waals surface area contributed by atoms with Crippen LogP contribution in [0.1, 0.15) is 6.42 Å². The van der Waals surface area contributed by atoms with Crippen LogP contribution in [0.5, 0.6) is 0 Å². The van der Waals surface area contributed by atoms with E-state index in [1.54, 1.807) is 0 Å². The van der Waals surface area contributed by atoms with Crippen LogP contribution in [0, 0.1) is 0 Å². The van der Waals surface area contributed by atoms with Crippen LogP contribution in [-0.2, 0) is 9.36 Å². The maximum Gasteiger partial charge on any atom is 0.399 e. The summed E-state index contributed by atoms with van der Waals surface area (Å²) < 4.78 is 47.5. The van der Waals surface area contributed by atoms with Crippen molar-refractivity contribution in [2.45, 2.75) is 18.3 Å². The van der Waals surface area contributed by atoms with Crippen molar-refractivity contribution in [3.05, 3.63) is 0 Å². The van der Waals surface area contributed by atoms with E-state index in [0.29, 0.717) is 0 Å². The van der Waals surface area contributed by atoms with Gasteiger partial charge in [0.25, 0.3) is 0 Å². The molecule has 0 spiro atoms. The van der Waals surface area contributed by atoms with Gasteiger partial charge in [0.2, 0.25) is 0 Å². The Morgan fingerprint density at radius 2 is 1.85 bits per heavy atom. The van der Waals surface area contributed by atoms with Crippen LogP contribution in [-0.4, -0.2) is 36.2 Å². The minimum Gasteiger partial charge on any atom is -0.481 e. The normalized spacial score (nSPS) is 15.5. The fraction of sp³-hybridized carbons (Fsp3) is 0.833. The van der Waals surface area contributed by atoms with Gasteiger partial charge in [-0.15, -0.1) is 0 Å². The van der Waals surface area contributed by atoms with Gasteiger partial charge in [-0.3, -0.25) is 4.79 Å². The summed E-state index contributed by atoms with van der Waals surface area (Å²) in [5.74, 6) is -1.59. The molecule has 0 amide bonds. The third kappa shape index (κ3) is 4.31. The van der Waals surface area contributed by atoms with Gasteiger partial charge in [0.05, 0.1) is 13.6 Å². The number of hydrogen-bond acceptors (Lipinski definition) is 2. The molecule has 0 bridgehead atoms. The van der Waals surface area contributed by atoms with Crippen molar-refractivity contribution >= 4 is 13.1 Å².